The van der Waals surface area contributed by atoms with E-state index in [2.05, 4.69) is 5.32 Å². The molecule has 0 heterocycles. The summed E-state index contributed by atoms with van der Waals surface area (Å²) in [6.07, 6.45) is 5.02. The molecular weight excluding hydrogens is 254 g/mol. The summed E-state index contributed by atoms with van der Waals surface area (Å²) in [6.45, 7) is 4.80. The van der Waals surface area contributed by atoms with Crippen molar-refractivity contribution in [3.05, 3.63) is 0 Å². The highest BCUT2D eigenvalue weighted by Gasteiger charge is 2.31. The summed E-state index contributed by atoms with van der Waals surface area (Å²) in [5.74, 6) is 0.293. The Morgan fingerprint density at radius 2 is 2.10 bits per heavy atom. The van der Waals surface area contributed by atoms with Crippen molar-refractivity contribution >= 4 is 11.8 Å². The van der Waals surface area contributed by atoms with Gasteiger partial charge in [-0.25, -0.2) is 0 Å². The molecule has 0 spiro atoms. The number of nitrogens with zero attached hydrogens (tertiary/aromatic N) is 1. The molecule has 2 amide bonds. The van der Waals surface area contributed by atoms with Crippen LogP contribution >= 0.6 is 0 Å². The molecule has 0 aromatic rings. The van der Waals surface area contributed by atoms with Crippen molar-refractivity contribution < 1.29 is 9.59 Å². The summed E-state index contributed by atoms with van der Waals surface area (Å²) in [5, 5.41) is 2.58. The average Bonchev–Trinajstić information content (AvgIpc) is 2.45. The third kappa shape index (κ3) is 4.78. The molecule has 0 saturated heterocycles. The van der Waals surface area contributed by atoms with Crippen LogP contribution in [0.2, 0.25) is 0 Å². The number of hydrogen-bond acceptors (Lipinski definition) is 3. The topological polar surface area (TPSA) is 75.4 Å². The zero-order valence-corrected chi connectivity index (χ0v) is 13.0. The first-order chi connectivity index (χ1) is 9.49. The van der Waals surface area contributed by atoms with Crippen molar-refractivity contribution in [2.75, 3.05) is 20.1 Å². The van der Waals surface area contributed by atoms with Gasteiger partial charge >= 0.3 is 0 Å². The molecule has 3 N–H and O–H groups in total. The molecule has 1 fully saturated rings. The molecule has 1 saturated carbocycles. The fourth-order valence-corrected chi connectivity index (χ4v) is 3.00. The van der Waals surface area contributed by atoms with Crippen molar-refractivity contribution in [2.24, 2.45) is 17.6 Å². The number of carbonyl (C=O) groups is 2. The quantitative estimate of drug-likeness (QED) is 0.767. The molecule has 5 heteroatoms. The Morgan fingerprint density at radius 3 is 2.65 bits per heavy atom. The summed E-state index contributed by atoms with van der Waals surface area (Å²) in [6, 6.07) is 0.225. The fourth-order valence-electron chi connectivity index (χ4n) is 3.00. The maximum Gasteiger partial charge on any atom is 0.239 e. The van der Waals surface area contributed by atoms with Gasteiger partial charge in [-0.15, -0.1) is 0 Å². The maximum atomic E-state index is 12.6. The van der Waals surface area contributed by atoms with E-state index in [9.17, 15) is 9.59 Å². The SMILES string of the molecule is CCCN(CC(=O)NC)C(=O)C(C)C1CCCC(N)C1. The van der Waals surface area contributed by atoms with Gasteiger partial charge in [0.05, 0.1) is 6.54 Å². The molecule has 0 aromatic carbocycles. The average molecular weight is 283 g/mol. The Kier molecular flexibility index (Phi) is 6.99. The zero-order chi connectivity index (χ0) is 15.1. The summed E-state index contributed by atoms with van der Waals surface area (Å²) in [5.41, 5.74) is 6.01. The van der Waals surface area contributed by atoms with Gasteiger partial charge in [0.15, 0.2) is 0 Å². The molecule has 0 aromatic heterocycles. The van der Waals surface area contributed by atoms with E-state index in [1.807, 2.05) is 13.8 Å². The number of likely N-dealkylation sites (N-methyl/N-ethyl adjacent to an activating group) is 1. The highest BCUT2D eigenvalue weighted by Crippen LogP contribution is 2.30. The van der Waals surface area contributed by atoms with E-state index in [-0.39, 0.29) is 30.3 Å². The second kappa shape index (κ2) is 8.25. The van der Waals surface area contributed by atoms with Crippen LogP contribution in [0.15, 0.2) is 0 Å². The summed E-state index contributed by atoms with van der Waals surface area (Å²) >= 11 is 0. The van der Waals surface area contributed by atoms with Crippen LogP contribution in [0.4, 0.5) is 0 Å². The first kappa shape index (κ1) is 17.0. The lowest BCUT2D eigenvalue weighted by atomic mass is 9.78. The van der Waals surface area contributed by atoms with E-state index in [0.717, 1.165) is 32.1 Å². The van der Waals surface area contributed by atoms with E-state index in [0.29, 0.717) is 12.5 Å². The summed E-state index contributed by atoms with van der Waals surface area (Å²) in [7, 11) is 1.60. The normalized spacial score (nSPS) is 24.0. The lowest BCUT2D eigenvalue weighted by molar-refractivity contribution is -0.140. The van der Waals surface area contributed by atoms with Gasteiger partial charge in [0, 0.05) is 25.6 Å². The van der Waals surface area contributed by atoms with Gasteiger partial charge in [0.1, 0.15) is 0 Å². The Labute approximate surface area is 122 Å². The molecule has 0 bridgehead atoms. The van der Waals surface area contributed by atoms with Gasteiger partial charge in [-0.2, -0.15) is 0 Å². The van der Waals surface area contributed by atoms with Gasteiger partial charge in [-0.05, 0) is 31.6 Å². The molecular formula is C15H29N3O2. The standard InChI is InChI=1S/C15H29N3O2/c1-4-8-18(10-14(19)17-3)15(20)11(2)12-6-5-7-13(16)9-12/h11-13H,4-10,16H2,1-3H3,(H,17,19). The Hall–Kier alpha value is -1.10. The van der Waals surface area contributed by atoms with Crippen LogP contribution in [0, 0.1) is 11.8 Å². The molecule has 1 aliphatic carbocycles. The van der Waals surface area contributed by atoms with Crippen LogP contribution in [0.3, 0.4) is 0 Å². The lowest BCUT2D eigenvalue weighted by Gasteiger charge is -2.33. The molecule has 1 aliphatic rings. The lowest BCUT2D eigenvalue weighted by Crippen LogP contribution is -2.45. The second-order valence-corrected chi connectivity index (χ2v) is 5.91. The van der Waals surface area contributed by atoms with Crippen LogP contribution in [-0.2, 0) is 9.59 Å². The molecule has 3 atom stereocenters. The molecule has 0 radical (unpaired) electrons. The number of rotatable bonds is 6. The van der Waals surface area contributed by atoms with Gasteiger partial charge in [-0.3, -0.25) is 9.59 Å². The minimum atomic E-state index is -0.112. The minimum absolute atomic E-state index is 0.0439. The number of hydrogen-bond donors (Lipinski definition) is 2. The first-order valence-corrected chi connectivity index (χ1v) is 7.74. The predicted molar refractivity (Wildman–Crippen MR) is 80.0 cm³/mol. The Bertz CT molecular complexity index is 333. The van der Waals surface area contributed by atoms with Gasteiger partial charge < -0.3 is 16.0 Å². The Balaban J connectivity index is 2.64. The molecule has 3 unspecified atom stereocenters. The van der Waals surface area contributed by atoms with E-state index in [4.69, 9.17) is 5.73 Å². The van der Waals surface area contributed by atoms with E-state index in [1.54, 1.807) is 11.9 Å². The number of carbonyl (C=O) groups excluding carboxylic acids is 2. The second-order valence-electron chi connectivity index (χ2n) is 5.91. The predicted octanol–water partition coefficient (Wildman–Crippen LogP) is 1.12. The van der Waals surface area contributed by atoms with E-state index >= 15 is 0 Å². The highest BCUT2D eigenvalue weighted by atomic mass is 16.2. The van der Waals surface area contributed by atoms with Crippen molar-refractivity contribution in [1.29, 1.82) is 0 Å². The van der Waals surface area contributed by atoms with Gasteiger partial charge in [0.25, 0.3) is 0 Å². The largest absolute Gasteiger partial charge is 0.358 e. The Morgan fingerprint density at radius 1 is 1.40 bits per heavy atom. The van der Waals surface area contributed by atoms with Crippen LogP contribution in [0.1, 0.15) is 46.0 Å². The first-order valence-electron chi connectivity index (χ1n) is 7.74. The zero-order valence-electron chi connectivity index (χ0n) is 13.0. The van der Waals surface area contributed by atoms with E-state index < -0.39 is 0 Å². The van der Waals surface area contributed by atoms with Crippen molar-refractivity contribution in [2.45, 2.75) is 52.0 Å². The maximum absolute atomic E-state index is 12.6. The third-order valence-electron chi connectivity index (χ3n) is 4.27. The molecule has 5 nitrogen and oxygen atoms in total. The third-order valence-corrected chi connectivity index (χ3v) is 4.27. The monoisotopic (exact) mass is 283 g/mol. The van der Waals surface area contributed by atoms with Crippen LogP contribution in [0.25, 0.3) is 0 Å². The van der Waals surface area contributed by atoms with Crippen molar-refractivity contribution in [3.8, 4) is 0 Å². The molecule has 0 aliphatic heterocycles. The van der Waals surface area contributed by atoms with Gasteiger partial charge in [-0.1, -0.05) is 20.3 Å². The van der Waals surface area contributed by atoms with Crippen LogP contribution < -0.4 is 11.1 Å². The minimum Gasteiger partial charge on any atom is -0.358 e. The number of nitrogens with two attached hydrogens (primary N) is 1. The smallest absolute Gasteiger partial charge is 0.239 e. The van der Waals surface area contributed by atoms with Crippen molar-refractivity contribution in [1.82, 2.24) is 10.2 Å². The fraction of sp³-hybridized carbons (Fsp3) is 0.867. The summed E-state index contributed by atoms with van der Waals surface area (Å²) in [4.78, 5) is 25.8. The van der Waals surface area contributed by atoms with Crippen LogP contribution in [0.5, 0.6) is 0 Å². The molecule has 1 rings (SSSR count). The molecule has 20 heavy (non-hydrogen) atoms. The van der Waals surface area contributed by atoms with Crippen LogP contribution in [-0.4, -0.2) is 42.9 Å². The summed E-state index contributed by atoms with van der Waals surface area (Å²) < 4.78 is 0. The number of amides is 2. The highest BCUT2D eigenvalue weighted by molar-refractivity contribution is 5.85. The van der Waals surface area contributed by atoms with Crippen molar-refractivity contribution in [3.63, 3.8) is 0 Å². The number of nitrogens with one attached hydrogen (secondary N) is 1. The van der Waals surface area contributed by atoms with E-state index in [1.165, 1.54) is 0 Å². The molecule has 116 valence electrons. The van der Waals surface area contributed by atoms with Gasteiger partial charge in [0.2, 0.25) is 11.8 Å².